The number of carbonyl (C=O) groups excluding carboxylic acids is 1. The number of carbonyl (C=O) groups is 1. The maximum Gasteiger partial charge on any atom is 0.325 e. The van der Waals surface area contributed by atoms with Crippen molar-refractivity contribution in [2.45, 2.75) is 110 Å². The van der Waals surface area contributed by atoms with Gasteiger partial charge in [0, 0.05) is 32.6 Å². The third-order valence-corrected chi connectivity index (χ3v) is 4.21. The molecule has 0 amide bonds. The van der Waals surface area contributed by atoms with Crippen molar-refractivity contribution in [1.29, 1.82) is 0 Å². The van der Waals surface area contributed by atoms with E-state index in [-0.39, 0.29) is 32.2 Å². The third kappa shape index (κ3) is 20.4. The molecule has 0 rings (SSSR count). The summed E-state index contributed by atoms with van der Waals surface area (Å²) in [7, 11) is 1.47. The second kappa shape index (κ2) is 21.4. The number of unbranched alkanes of at least 4 members (excludes halogenated alkanes) is 14. The van der Waals surface area contributed by atoms with Gasteiger partial charge in [-0.3, -0.25) is 4.79 Å². The Balaban J connectivity index is 0. The predicted octanol–water partition coefficient (Wildman–Crippen LogP) is 5.34. The van der Waals surface area contributed by atoms with Crippen LogP contribution in [0.4, 0.5) is 0 Å². The van der Waals surface area contributed by atoms with E-state index in [4.69, 9.17) is 0 Å². The van der Waals surface area contributed by atoms with E-state index >= 15 is 0 Å². The van der Waals surface area contributed by atoms with E-state index in [1.165, 1.54) is 97.9 Å². The molecular formula is C18H37BO2Zr. The summed E-state index contributed by atoms with van der Waals surface area (Å²) < 4.78 is 4.63. The van der Waals surface area contributed by atoms with Gasteiger partial charge in [-0.1, -0.05) is 96.8 Å². The first-order chi connectivity index (χ1) is 10.3. The van der Waals surface area contributed by atoms with Gasteiger partial charge in [0.15, 0.2) is 0 Å². The normalized spacial score (nSPS) is 10.2. The average molecular weight is 388 g/mol. The smallest absolute Gasteiger partial charge is 0.325 e. The van der Waals surface area contributed by atoms with Crippen LogP contribution in [0.3, 0.4) is 0 Å². The van der Waals surface area contributed by atoms with Gasteiger partial charge in [-0.2, -0.15) is 0 Å². The molecule has 0 radical (unpaired) electrons. The standard InChI is InChI=1S/C18H37BO2.Zr/c1-2-3-4-5-6-7-8-9-10-11-12-13-14-15-16-17-18(20)21-19;/h2-17,19H2,1H3;. The van der Waals surface area contributed by atoms with Gasteiger partial charge in [0.25, 0.3) is 5.97 Å². The van der Waals surface area contributed by atoms with Crippen molar-refractivity contribution in [3.8, 4) is 0 Å². The topological polar surface area (TPSA) is 26.3 Å². The Labute approximate surface area is 159 Å². The first-order valence-corrected chi connectivity index (χ1v) is 9.38. The monoisotopic (exact) mass is 386 g/mol. The van der Waals surface area contributed by atoms with Gasteiger partial charge in [-0.15, -0.1) is 0 Å². The Morgan fingerprint density at radius 2 is 1.00 bits per heavy atom. The van der Waals surface area contributed by atoms with Crippen molar-refractivity contribution < 1.29 is 35.7 Å². The minimum absolute atomic E-state index is 0. The molecule has 0 fully saturated rings. The molecule has 2 nitrogen and oxygen atoms in total. The van der Waals surface area contributed by atoms with Gasteiger partial charge in [-0.25, -0.2) is 0 Å². The zero-order valence-electron chi connectivity index (χ0n) is 15.1. The molecule has 4 heteroatoms. The molecule has 0 aliphatic carbocycles. The Bertz CT molecular complexity index is 225. The molecule has 0 heterocycles. The summed E-state index contributed by atoms with van der Waals surface area (Å²) >= 11 is 0. The fourth-order valence-corrected chi connectivity index (χ4v) is 2.74. The van der Waals surface area contributed by atoms with Crippen molar-refractivity contribution in [3.63, 3.8) is 0 Å². The molecular weight excluding hydrogens is 350 g/mol. The van der Waals surface area contributed by atoms with Crippen molar-refractivity contribution in [2.24, 2.45) is 0 Å². The van der Waals surface area contributed by atoms with Gasteiger partial charge in [-0.05, 0) is 6.42 Å². The van der Waals surface area contributed by atoms with Crippen molar-refractivity contribution in [2.75, 3.05) is 0 Å². The molecule has 0 bridgehead atoms. The fourth-order valence-electron chi connectivity index (χ4n) is 2.74. The first kappa shape index (κ1) is 24.7. The quantitative estimate of drug-likeness (QED) is 0.264. The number of hydrogen-bond acceptors (Lipinski definition) is 2. The molecule has 0 aromatic rings. The van der Waals surface area contributed by atoms with Crippen LogP contribution < -0.4 is 0 Å². The SMILES string of the molecule is BOC(=O)CCCCCCCCCCCCCCCCC.[Zr]. The van der Waals surface area contributed by atoms with Crippen LogP contribution >= 0.6 is 0 Å². The van der Waals surface area contributed by atoms with Gasteiger partial charge in [0.2, 0.25) is 0 Å². The largest absolute Gasteiger partial charge is 0.543 e. The maximum atomic E-state index is 10.9. The predicted molar refractivity (Wildman–Crippen MR) is 94.2 cm³/mol. The van der Waals surface area contributed by atoms with Crippen molar-refractivity contribution in [3.05, 3.63) is 0 Å². The Morgan fingerprint density at radius 3 is 1.32 bits per heavy atom. The number of hydrogen-bond donors (Lipinski definition) is 0. The number of rotatable bonds is 16. The second-order valence-electron chi connectivity index (χ2n) is 6.28. The Hall–Kier alpha value is 0.418. The molecule has 0 aliphatic heterocycles. The molecule has 128 valence electrons. The molecule has 0 N–H and O–H groups in total. The van der Waals surface area contributed by atoms with Gasteiger partial charge < -0.3 is 4.65 Å². The zero-order chi connectivity index (χ0) is 15.6. The van der Waals surface area contributed by atoms with E-state index < -0.39 is 0 Å². The molecule has 0 spiro atoms. The molecule has 0 unspecified atom stereocenters. The molecule has 0 saturated carbocycles. The summed E-state index contributed by atoms with van der Waals surface area (Å²) in [6.07, 6.45) is 20.9. The molecule has 0 aliphatic rings. The van der Waals surface area contributed by atoms with Crippen LogP contribution in [0.1, 0.15) is 110 Å². The zero-order valence-corrected chi connectivity index (χ0v) is 17.6. The van der Waals surface area contributed by atoms with Crippen LogP contribution in [0, 0.1) is 0 Å². The summed E-state index contributed by atoms with van der Waals surface area (Å²) in [5.74, 6) is -0.0651. The molecule has 0 saturated heterocycles. The fraction of sp³-hybridized carbons (Fsp3) is 0.944. The second-order valence-corrected chi connectivity index (χ2v) is 6.28. The van der Waals surface area contributed by atoms with Crippen LogP contribution in [0.5, 0.6) is 0 Å². The van der Waals surface area contributed by atoms with E-state index in [9.17, 15) is 4.79 Å². The van der Waals surface area contributed by atoms with Crippen LogP contribution in [0.15, 0.2) is 0 Å². The van der Waals surface area contributed by atoms with Crippen LogP contribution in [-0.4, -0.2) is 14.0 Å². The van der Waals surface area contributed by atoms with Gasteiger partial charge in [0.05, 0.1) is 0 Å². The van der Waals surface area contributed by atoms with Gasteiger partial charge in [0.1, 0.15) is 0 Å². The van der Waals surface area contributed by atoms with Crippen molar-refractivity contribution in [1.82, 2.24) is 0 Å². The minimum Gasteiger partial charge on any atom is -0.543 e. The summed E-state index contributed by atoms with van der Waals surface area (Å²) in [5, 5.41) is 0. The average Bonchev–Trinajstić information content (AvgIpc) is 2.50. The molecule has 22 heavy (non-hydrogen) atoms. The van der Waals surface area contributed by atoms with Crippen LogP contribution in [0.25, 0.3) is 0 Å². The summed E-state index contributed by atoms with van der Waals surface area (Å²) in [6, 6.07) is 0. The minimum atomic E-state index is -0.0651. The van der Waals surface area contributed by atoms with E-state index in [1.807, 2.05) is 0 Å². The first-order valence-electron chi connectivity index (χ1n) is 9.38. The maximum absolute atomic E-state index is 10.9. The van der Waals surface area contributed by atoms with Crippen LogP contribution in [-0.2, 0) is 35.7 Å². The molecule has 0 aromatic carbocycles. The Morgan fingerprint density at radius 1 is 0.682 bits per heavy atom. The van der Waals surface area contributed by atoms with E-state index in [1.54, 1.807) is 0 Å². The van der Waals surface area contributed by atoms with E-state index in [2.05, 4.69) is 11.6 Å². The van der Waals surface area contributed by atoms with E-state index in [0.29, 0.717) is 6.42 Å². The van der Waals surface area contributed by atoms with E-state index in [0.717, 1.165) is 6.42 Å². The molecule has 0 aromatic heterocycles. The summed E-state index contributed by atoms with van der Waals surface area (Å²) in [6.45, 7) is 2.28. The van der Waals surface area contributed by atoms with Crippen LogP contribution in [0.2, 0.25) is 0 Å². The molecule has 0 atom stereocenters. The third-order valence-electron chi connectivity index (χ3n) is 4.21. The van der Waals surface area contributed by atoms with Crippen molar-refractivity contribution >= 4 is 14.0 Å². The van der Waals surface area contributed by atoms with Gasteiger partial charge >= 0.3 is 8.05 Å². The summed E-state index contributed by atoms with van der Waals surface area (Å²) in [4.78, 5) is 10.9. The summed E-state index contributed by atoms with van der Waals surface area (Å²) in [5.41, 5.74) is 0. The Kier molecular flexibility index (Phi) is 24.0.